The topological polar surface area (TPSA) is 0 Å². The molecule has 6 rings (SSSR count). The Morgan fingerprint density at radius 1 is 0.500 bits per heavy atom. The molecule has 4 aromatic rings. The van der Waals surface area contributed by atoms with Gasteiger partial charge in [0.15, 0.2) is 8.07 Å². The summed E-state index contributed by atoms with van der Waals surface area (Å²) < 4.78 is 0. The van der Waals surface area contributed by atoms with Gasteiger partial charge >= 0.3 is 0 Å². The highest BCUT2D eigenvalue weighted by molar-refractivity contribution is 7.29. The Morgan fingerprint density at radius 3 is 1.62 bits per heavy atom. The van der Waals surface area contributed by atoms with Crippen molar-refractivity contribution in [3.05, 3.63) is 84.2 Å². The van der Waals surface area contributed by atoms with Crippen molar-refractivity contribution in [2.75, 3.05) is 0 Å². The Balaban J connectivity index is 1.89. The lowest BCUT2D eigenvalue weighted by Crippen LogP contribution is -2.70. The minimum absolute atomic E-state index is 1.44. The fourth-order valence-electron chi connectivity index (χ4n) is 4.78. The average molecular weight is 339 g/mol. The minimum atomic E-state index is -2.09. The van der Waals surface area contributed by atoms with Crippen molar-refractivity contribution in [2.45, 2.75) is 0 Å². The summed E-state index contributed by atoms with van der Waals surface area (Å²) >= 11 is 1.90. The van der Waals surface area contributed by atoms with Crippen molar-refractivity contribution < 1.29 is 0 Å². The van der Waals surface area contributed by atoms with Gasteiger partial charge in [-0.15, -0.1) is 11.3 Å². The summed E-state index contributed by atoms with van der Waals surface area (Å²) in [6.45, 7) is 0. The van der Waals surface area contributed by atoms with Crippen molar-refractivity contribution in [1.82, 2.24) is 0 Å². The van der Waals surface area contributed by atoms with Gasteiger partial charge in [0.2, 0.25) is 0 Å². The number of thiophene rings is 1. The maximum Gasteiger partial charge on any atom is 0.182 e. The third kappa shape index (κ3) is 1.28. The molecule has 0 radical (unpaired) electrons. The van der Waals surface area contributed by atoms with Crippen LogP contribution in [-0.4, -0.2) is 8.07 Å². The first kappa shape index (κ1) is 12.9. The summed E-state index contributed by atoms with van der Waals surface area (Å²) in [4.78, 5) is 1.49. The van der Waals surface area contributed by atoms with Crippen LogP contribution in [0.5, 0.6) is 0 Å². The Labute approximate surface area is 146 Å². The zero-order chi connectivity index (χ0) is 15.7. The molecule has 1 aromatic heterocycles. The smallest absolute Gasteiger partial charge is 0.144 e. The lowest BCUT2D eigenvalue weighted by molar-refractivity contribution is 1.71. The molecule has 0 unspecified atom stereocenters. The summed E-state index contributed by atoms with van der Waals surface area (Å²) in [5.74, 6) is 0. The van der Waals surface area contributed by atoms with Gasteiger partial charge in [-0.2, -0.15) is 0 Å². The molecule has 0 saturated carbocycles. The first-order valence-corrected chi connectivity index (χ1v) is 11.2. The van der Waals surface area contributed by atoms with Gasteiger partial charge in [0.05, 0.1) is 0 Å². The van der Waals surface area contributed by atoms with Crippen molar-refractivity contribution in [1.29, 1.82) is 0 Å². The van der Waals surface area contributed by atoms with E-state index in [1.807, 2.05) is 11.3 Å². The van der Waals surface area contributed by atoms with E-state index in [0.29, 0.717) is 0 Å². The van der Waals surface area contributed by atoms with E-state index in [0.717, 1.165) is 0 Å². The Morgan fingerprint density at radius 2 is 1.00 bits per heavy atom. The predicted molar refractivity (Wildman–Crippen MR) is 106 cm³/mol. The summed E-state index contributed by atoms with van der Waals surface area (Å²) in [5.41, 5.74) is 4.34. The molecule has 0 amide bonds. The number of benzene rings is 3. The van der Waals surface area contributed by atoms with E-state index in [4.69, 9.17) is 0 Å². The van der Waals surface area contributed by atoms with E-state index in [9.17, 15) is 0 Å². The molecular weight excluding hydrogens is 324 g/mol. The molecule has 1 spiro atoms. The lowest BCUT2D eigenvalue weighted by Gasteiger charge is -2.26. The van der Waals surface area contributed by atoms with Crippen LogP contribution in [0.2, 0.25) is 0 Å². The Bertz CT molecular complexity index is 1080. The van der Waals surface area contributed by atoms with E-state index in [2.05, 4.69) is 84.2 Å². The summed E-state index contributed by atoms with van der Waals surface area (Å²) in [7, 11) is -2.09. The third-order valence-electron chi connectivity index (χ3n) is 5.60. The van der Waals surface area contributed by atoms with Crippen LogP contribution in [0.1, 0.15) is 0 Å². The van der Waals surface area contributed by atoms with Crippen LogP contribution in [-0.2, 0) is 0 Å². The molecule has 3 aromatic carbocycles. The summed E-state index contributed by atoms with van der Waals surface area (Å²) in [6.07, 6.45) is 0. The number of rotatable bonds is 0. The second-order valence-electron chi connectivity index (χ2n) is 6.55. The first-order valence-electron chi connectivity index (χ1n) is 8.29. The van der Waals surface area contributed by atoms with Gasteiger partial charge in [-0.1, -0.05) is 78.9 Å². The maximum absolute atomic E-state index is 2.39. The van der Waals surface area contributed by atoms with E-state index < -0.39 is 8.07 Å². The van der Waals surface area contributed by atoms with Gasteiger partial charge in [-0.05, 0) is 42.8 Å². The molecular formula is C22H14SSi. The zero-order valence-electron chi connectivity index (χ0n) is 13.0. The van der Waals surface area contributed by atoms with Gasteiger partial charge in [0.1, 0.15) is 0 Å². The molecule has 0 atom stereocenters. The van der Waals surface area contributed by atoms with Crippen molar-refractivity contribution >= 4 is 40.2 Å². The second kappa shape index (κ2) is 4.35. The van der Waals surface area contributed by atoms with Crippen LogP contribution in [0.15, 0.2) is 84.2 Å². The predicted octanol–water partition coefficient (Wildman–Crippen LogP) is 3.09. The Kier molecular flexibility index (Phi) is 2.34. The van der Waals surface area contributed by atoms with Gasteiger partial charge in [0.25, 0.3) is 0 Å². The third-order valence-corrected chi connectivity index (χ3v) is 11.7. The van der Waals surface area contributed by atoms with Crippen LogP contribution >= 0.6 is 11.3 Å². The molecule has 3 heterocycles. The largest absolute Gasteiger partial charge is 0.182 e. The molecule has 0 aliphatic carbocycles. The maximum atomic E-state index is 2.39. The molecule has 2 aliphatic heterocycles. The van der Waals surface area contributed by atoms with E-state index >= 15 is 0 Å². The standard InChI is InChI=1S/C22H14SSi/c1-4-10-18-15(7-1)16-8-2-5-11-19(16)24(18)20-12-6-3-9-17(20)22-21(24)13-14-23-22/h1-14H. The summed E-state index contributed by atoms with van der Waals surface area (Å²) in [6, 6.07) is 29.7. The van der Waals surface area contributed by atoms with Crippen molar-refractivity contribution in [2.24, 2.45) is 0 Å². The molecule has 0 bridgehead atoms. The molecule has 0 N–H and O–H groups in total. The van der Waals surface area contributed by atoms with E-state index in [1.165, 1.54) is 21.6 Å². The van der Waals surface area contributed by atoms with Gasteiger partial charge in [-0.25, -0.2) is 0 Å². The zero-order valence-corrected chi connectivity index (χ0v) is 14.8. The number of fused-ring (bicyclic) bond motifs is 10. The normalized spacial score (nSPS) is 15.0. The van der Waals surface area contributed by atoms with Crippen molar-refractivity contribution in [3.8, 4) is 21.6 Å². The molecule has 2 heteroatoms. The van der Waals surface area contributed by atoms with Crippen LogP contribution in [0.25, 0.3) is 21.6 Å². The average Bonchev–Trinajstić information content (AvgIpc) is 3.30. The van der Waals surface area contributed by atoms with Gasteiger partial charge in [0, 0.05) is 4.88 Å². The van der Waals surface area contributed by atoms with Gasteiger partial charge < -0.3 is 0 Å². The van der Waals surface area contributed by atoms with E-state index in [-0.39, 0.29) is 0 Å². The number of hydrogen-bond acceptors (Lipinski definition) is 1. The van der Waals surface area contributed by atoms with Crippen LogP contribution < -0.4 is 20.7 Å². The van der Waals surface area contributed by atoms with Gasteiger partial charge in [-0.3, -0.25) is 0 Å². The summed E-state index contributed by atoms with van der Waals surface area (Å²) in [5, 5.41) is 8.57. The fraction of sp³-hybridized carbons (Fsp3) is 0. The lowest BCUT2D eigenvalue weighted by atomic mass is 10.1. The highest BCUT2D eigenvalue weighted by atomic mass is 32.1. The van der Waals surface area contributed by atoms with E-state index in [1.54, 1.807) is 20.7 Å². The minimum Gasteiger partial charge on any atom is -0.144 e. The van der Waals surface area contributed by atoms with Crippen LogP contribution in [0.3, 0.4) is 0 Å². The molecule has 112 valence electrons. The highest BCUT2D eigenvalue weighted by Gasteiger charge is 2.54. The van der Waals surface area contributed by atoms with Crippen LogP contribution in [0, 0.1) is 0 Å². The highest BCUT2D eigenvalue weighted by Crippen LogP contribution is 2.37. The monoisotopic (exact) mass is 338 g/mol. The number of hydrogen-bond donors (Lipinski definition) is 0. The molecule has 24 heavy (non-hydrogen) atoms. The van der Waals surface area contributed by atoms with Crippen LogP contribution in [0.4, 0.5) is 0 Å². The second-order valence-corrected chi connectivity index (χ2v) is 11.1. The quantitative estimate of drug-likeness (QED) is 0.373. The fourth-order valence-corrected chi connectivity index (χ4v) is 11.9. The first-order chi connectivity index (χ1) is 11.9. The molecule has 0 saturated heterocycles. The van der Waals surface area contributed by atoms with Crippen molar-refractivity contribution in [3.63, 3.8) is 0 Å². The molecule has 0 nitrogen and oxygen atoms in total. The Hall–Kier alpha value is -2.42. The SMILES string of the molecule is c1ccc2c(c1)-c1ccccc1[Si]21c2ccccc2-c2sccc21. The molecule has 0 fully saturated rings. The molecule has 2 aliphatic rings.